The number of benzene rings is 1. The predicted molar refractivity (Wildman–Crippen MR) is 183 cm³/mol. The summed E-state index contributed by atoms with van der Waals surface area (Å²) in [6, 6.07) is 4.65. The van der Waals surface area contributed by atoms with E-state index in [4.69, 9.17) is 46.4 Å². The number of carboxylic acids is 1. The number of piperazine rings is 1. The highest BCUT2D eigenvalue weighted by atomic mass is 35.5. The molecule has 1 fully saturated rings. The second-order valence-electron chi connectivity index (χ2n) is 12.5. The number of alkyl halides is 3. The largest absolute Gasteiger partial charge is 0.480 e. The molecule has 4 rings (SSSR count). The van der Waals surface area contributed by atoms with Crippen molar-refractivity contribution in [2.75, 3.05) is 26.2 Å². The van der Waals surface area contributed by atoms with E-state index in [1.165, 1.54) is 12.1 Å². The van der Waals surface area contributed by atoms with Crippen molar-refractivity contribution in [2.45, 2.75) is 88.5 Å². The molecule has 1 aromatic rings. The lowest BCUT2D eigenvalue weighted by Gasteiger charge is -2.45. The predicted octanol–water partition coefficient (Wildman–Crippen LogP) is 7.54. The van der Waals surface area contributed by atoms with E-state index in [1.807, 2.05) is 19.1 Å². The minimum atomic E-state index is -3.00. The first kappa shape index (κ1) is 37.8. The van der Waals surface area contributed by atoms with Crippen LogP contribution in [0.5, 0.6) is 0 Å². The highest BCUT2D eigenvalue weighted by molar-refractivity contribution is 6.35. The van der Waals surface area contributed by atoms with Crippen molar-refractivity contribution in [2.24, 2.45) is 0 Å². The fourth-order valence-electron chi connectivity index (χ4n) is 6.20. The van der Waals surface area contributed by atoms with Crippen molar-refractivity contribution in [1.82, 2.24) is 14.7 Å². The van der Waals surface area contributed by atoms with Gasteiger partial charge in [0, 0.05) is 59.7 Å². The van der Waals surface area contributed by atoms with E-state index in [1.54, 1.807) is 32.9 Å². The van der Waals surface area contributed by atoms with Crippen molar-refractivity contribution in [1.29, 1.82) is 0 Å². The highest BCUT2D eigenvalue weighted by Gasteiger charge is 2.41. The van der Waals surface area contributed by atoms with Crippen LogP contribution in [-0.4, -0.2) is 86.7 Å². The Morgan fingerprint density at radius 1 is 1.15 bits per heavy atom. The number of aliphatic hydroxyl groups is 1. The summed E-state index contributed by atoms with van der Waals surface area (Å²) in [7, 11) is 0. The van der Waals surface area contributed by atoms with Crippen molar-refractivity contribution >= 4 is 58.3 Å². The van der Waals surface area contributed by atoms with Crippen LogP contribution < -0.4 is 0 Å². The van der Waals surface area contributed by atoms with Crippen LogP contribution in [-0.2, 0) is 22.1 Å². The summed E-state index contributed by atoms with van der Waals surface area (Å²) in [4.78, 5) is 31.1. The second-order valence-corrected chi connectivity index (χ2v) is 14.4. The number of β-amino-alcohol motifs (C(OH)–C–C–N with tert-alkyl or cyclic N) is 1. The van der Waals surface area contributed by atoms with Crippen LogP contribution >= 0.6 is 46.4 Å². The number of carboxylic acid groups (broad SMARTS) is 1. The van der Waals surface area contributed by atoms with Crippen LogP contribution in [0.3, 0.4) is 0 Å². The fraction of sp³-hybridized carbons (Fsp3) is 0.529. The van der Waals surface area contributed by atoms with Gasteiger partial charge in [0.25, 0.3) is 5.92 Å². The minimum Gasteiger partial charge on any atom is -0.480 e. The average molecular weight is 736 g/mol. The second kappa shape index (κ2) is 16.6. The van der Waals surface area contributed by atoms with E-state index in [0.717, 1.165) is 18.1 Å². The monoisotopic (exact) mass is 733 g/mol. The number of nitrogens with zero attached hydrogens (tertiary/aromatic N) is 3. The third kappa shape index (κ3) is 10.5. The first-order chi connectivity index (χ1) is 22.1. The zero-order valence-corrected chi connectivity index (χ0v) is 29.5. The maximum Gasteiger partial charge on any atom is 0.317 e. The number of carbonyl (C=O) groups excluding carboxylic acids is 1. The van der Waals surface area contributed by atoms with E-state index < -0.39 is 24.2 Å². The summed E-state index contributed by atoms with van der Waals surface area (Å²) in [6.07, 6.45) is 7.49. The molecule has 0 saturated carbocycles. The molecular formula is C34H41Cl4F2N3O4. The topological polar surface area (TPSA) is 84.3 Å². The number of amides is 1. The maximum absolute atomic E-state index is 14.1. The van der Waals surface area contributed by atoms with Gasteiger partial charge >= 0.3 is 5.97 Å². The molecule has 1 heterocycles. The number of hydrogen-bond donors (Lipinski definition) is 2. The van der Waals surface area contributed by atoms with Gasteiger partial charge in [0.2, 0.25) is 5.91 Å². The minimum absolute atomic E-state index is 0.0448. The Balaban J connectivity index is 1.55. The number of halogens is 6. The van der Waals surface area contributed by atoms with Crippen molar-refractivity contribution in [3.8, 4) is 0 Å². The Bertz CT molecular complexity index is 1430. The lowest BCUT2D eigenvalue weighted by molar-refractivity contribution is -0.160. The maximum atomic E-state index is 14.1. The molecule has 1 aromatic carbocycles. The van der Waals surface area contributed by atoms with Crippen LogP contribution in [0.2, 0.25) is 0 Å². The third-order valence-corrected chi connectivity index (χ3v) is 10.4. The fourth-order valence-corrected chi connectivity index (χ4v) is 7.41. The van der Waals surface area contributed by atoms with Crippen LogP contribution in [0.1, 0.15) is 63.5 Å². The van der Waals surface area contributed by atoms with Gasteiger partial charge in [0.1, 0.15) is 6.23 Å². The molecular weight excluding hydrogens is 694 g/mol. The molecule has 13 heteroatoms. The zero-order valence-electron chi connectivity index (χ0n) is 26.4. The van der Waals surface area contributed by atoms with Crippen molar-refractivity contribution in [3.05, 3.63) is 79.9 Å². The molecule has 1 amide bonds. The molecule has 47 heavy (non-hydrogen) atoms. The summed E-state index contributed by atoms with van der Waals surface area (Å²) in [5.74, 6) is -4.21. The first-order valence-corrected chi connectivity index (χ1v) is 17.3. The van der Waals surface area contributed by atoms with Crippen molar-refractivity contribution in [3.63, 3.8) is 0 Å². The molecule has 3 aliphatic rings. The Hall–Kier alpha value is -1.98. The Morgan fingerprint density at radius 2 is 1.85 bits per heavy atom. The van der Waals surface area contributed by atoms with Gasteiger partial charge in [-0.1, -0.05) is 71.2 Å². The average Bonchev–Trinajstić information content (AvgIpc) is 2.99. The molecule has 4 atom stereocenters. The SMILES string of the molecule is CC(CC1C(=O)N(CCC2=C(Cl)CC(Cl)C=C2)CC(O)N1Cc1ccc(C(C)(F)F)cc1)N(CCC1=C(Cl)C=C(Cl)CC1)CC(=O)O. The van der Waals surface area contributed by atoms with Crippen LogP contribution in [0.25, 0.3) is 0 Å². The number of rotatable bonds is 14. The molecule has 4 unspecified atom stereocenters. The molecule has 7 nitrogen and oxygen atoms in total. The molecule has 0 bridgehead atoms. The molecule has 258 valence electrons. The Kier molecular flexibility index (Phi) is 13.4. The lowest BCUT2D eigenvalue weighted by Crippen LogP contribution is -2.62. The van der Waals surface area contributed by atoms with Crippen LogP contribution in [0.15, 0.2) is 68.7 Å². The smallest absolute Gasteiger partial charge is 0.317 e. The number of carbonyl (C=O) groups is 2. The lowest BCUT2D eigenvalue weighted by atomic mass is 9.97. The quantitative estimate of drug-likeness (QED) is 0.192. The van der Waals surface area contributed by atoms with Gasteiger partial charge in [-0.2, -0.15) is 0 Å². The molecule has 0 radical (unpaired) electrons. The first-order valence-electron chi connectivity index (χ1n) is 15.7. The number of aliphatic hydroxyl groups excluding tert-OH is 1. The van der Waals surface area contributed by atoms with Crippen molar-refractivity contribution < 1.29 is 28.6 Å². The summed E-state index contributed by atoms with van der Waals surface area (Å²) in [5, 5.41) is 22.8. The molecule has 1 aliphatic heterocycles. The number of hydrogen-bond acceptors (Lipinski definition) is 5. The molecule has 2 N–H and O–H groups in total. The van der Waals surface area contributed by atoms with Crippen LogP contribution in [0.4, 0.5) is 8.78 Å². The Morgan fingerprint density at radius 3 is 2.47 bits per heavy atom. The van der Waals surface area contributed by atoms with Gasteiger partial charge in [0.05, 0.1) is 24.5 Å². The van der Waals surface area contributed by atoms with Gasteiger partial charge in [-0.05, 0) is 61.8 Å². The normalized spacial score (nSPS) is 23.5. The van der Waals surface area contributed by atoms with E-state index in [-0.39, 0.29) is 48.9 Å². The molecule has 2 aliphatic carbocycles. The number of allylic oxidation sites excluding steroid dienone is 6. The van der Waals surface area contributed by atoms with Gasteiger partial charge in [-0.25, -0.2) is 8.78 Å². The summed E-state index contributed by atoms with van der Waals surface area (Å²) < 4.78 is 27.7. The summed E-state index contributed by atoms with van der Waals surface area (Å²) in [6.45, 7) is 3.34. The van der Waals surface area contributed by atoms with Gasteiger partial charge in [0.15, 0.2) is 0 Å². The highest BCUT2D eigenvalue weighted by Crippen LogP contribution is 2.33. The third-order valence-electron chi connectivity index (χ3n) is 8.98. The van der Waals surface area contributed by atoms with Crippen LogP contribution in [0, 0.1) is 0 Å². The van der Waals surface area contributed by atoms with Gasteiger partial charge in [-0.15, -0.1) is 11.6 Å². The van der Waals surface area contributed by atoms with E-state index in [2.05, 4.69) is 0 Å². The van der Waals surface area contributed by atoms with E-state index >= 15 is 0 Å². The standard InChI is InChI=1S/C34H41Cl4F2N3O4/c1-21(41(20-32(45)46)13-11-23-5-9-26(35)16-28(23)37)15-30-33(47)42(14-12-24-6-10-27(36)17-29(24)38)19-31(44)43(30)18-22-3-7-25(8-4-22)34(2,39)40/h3-4,6-8,10,16,21,27,30-31,44H,5,9,11-15,17-20H2,1-2H3,(H,45,46). The summed E-state index contributed by atoms with van der Waals surface area (Å²) >= 11 is 25.2. The Labute approximate surface area is 295 Å². The van der Waals surface area contributed by atoms with E-state index in [0.29, 0.717) is 65.9 Å². The van der Waals surface area contributed by atoms with Gasteiger partial charge < -0.3 is 15.1 Å². The van der Waals surface area contributed by atoms with Gasteiger partial charge in [-0.3, -0.25) is 19.4 Å². The van der Waals surface area contributed by atoms with E-state index in [9.17, 15) is 28.6 Å². The molecule has 0 spiro atoms. The zero-order chi connectivity index (χ0) is 34.5. The number of aliphatic carboxylic acids is 1. The molecule has 0 aromatic heterocycles. The summed E-state index contributed by atoms with van der Waals surface area (Å²) in [5.41, 5.74) is 2.39. The molecule has 1 saturated heterocycles.